The van der Waals surface area contributed by atoms with Gasteiger partial charge in [-0.3, -0.25) is 19.7 Å². The predicted molar refractivity (Wildman–Crippen MR) is 88.8 cm³/mol. The van der Waals surface area contributed by atoms with Gasteiger partial charge in [-0.1, -0.05) is 30.3 Å². The highest BCUT2D eigenvalue weighted by molar-refractivity contribution is 5.83. The summed E-state index contributed by atoms with van der Waals surface area (Å²) in [6, 6.07) is 11.6. The number of nitrogens with one attached hydrogen (secondary N) is 1. The second kappa shape index (κ2) is 8.44. The van der Waals surface area contributed by atoms with Crippen LogP contribution in [0.3, 0.4) is 0 Å². The topological polar surface area (TPSA) is 108 Å². The Hall–Kier alpha value is -3.42. The van der Waals surface area contributed by atoms with Crippen LogP contribution in [0.2, 0.25) is 0 Å². The van der Waals surface area contributed by atoms with Crippen LogP contribution in [0.5, 0.6) is 11.5 Å². The summed E-state index contributed by atoms with van der Waals surface area (Å²) in [6.07, 6.45) is 0.358. The van der Waals surface area contributed by atoms with Gasteiger partial charge in [-0.05, 0) is 5.56 Å². The van der Waals surface area contributed by atoms with E-state index in [0.29, 0.717) is 12.8 Å². The third-order valence-electron chi connectivity index (χ3n) is 3.33. The molecule has 0 saturated heterocycles. The number of carbonyl (C=O) groups is 2. The van der Waals surface area contributed by atoms with E-state index in [0.717, 1.165) is 11.6 Å². The highest BCUT2D eigenvalue weighted by Crippen LogP contribution is 2.33. The number of nitro groups is 1. The van der Waals surface area contributed by atoms with Crippen LogP contribution in [0, 0.1) is 10.1 Å². The van der Waals surface area contributed by atoms with E-state index in [1.54, 1.807) is 0 Å². The first-order valence-corrected chi connectivity index (χ1v) is 7.30. The largest absolute Gasteiger partial charge is 0.493 e. The van der Waals surface area contributed by atoms with Crippen molar-refractivity contribution in [3.8, 4) is 11.5 Å². The minimum atomic E-state index is -0.703. The fraction of sp³-hybridized carbons (Fsp3) is 0.176. The van der Waals surface area contributed by atoms with Crippen molar-refractivity contribution in [2.45, 2.75) is 6.54 Å². The molecule has 1 N–H and O–H groups in total. The Morgan fingerprint density at radius 2 is 1.96 bits per heavy atom. The Labute approximate surface area is 143 Å². The average Bonchev–Trinajstić information content (AvgIpc) is 2.64. The van der Waals surface area contributed by atoms with Crippen molar-refractivity contribution < 1.29 is 24.0 Å². The van der Waals surface area contributed by atoms with Crippen molar-refractivity contribution in [3.05, 3.63) is 63.7 Å². The fourth-order valence-corrected chi connectivity index (χ4v) is 2.08. The van der Waals surface area contributed by atoms with Gasteiger partial charge in [0.2, 0.25) is 0 Å². The van der Waals surface area contributed by atoms with E-state index in [1.165, 1.54) is 13.2 Å². The summed E-state index contributed by atoms with van der Waals surface area (Å²) in [5.41, 5.74) is 0.373. The second-order valence-electron chi connectivity index (χ2n) is 4.99. The molecule has 2 aromatic rings. The van der Waals surface area contributed by atoms with Gasteiger partial charge in [0.05, 0.1) is 23.7 Å². The molecule has 0 aliphatic carbocycles. The quantitative estimate of drug-likeness (QED) is 0.446. The van der Waals surface area contributed by atoms with Crippen LogP contribution < -0.4 is 14.8 Å². The van der Waals surface area contributed by atoms with Crippen LogP contribution in [-0.4, -0.2) is 30.8 Å². The highest BCUT2D eigenvalue weighted by Gasteiger charge is 2.20. The van der Waals surface area contributed by atoms with Crippen LogP contribution in [0.1, 0.15) is 15.9 Å². The van der Waals surface area contributed by atoms with E-state index in [9.17, 15) is 19.7 Å². The van der Waals surface area contributed by atoms with Gasteiger partial charge in [-0.25, -0.2) is 0 Å². The summed E-state index contributed by atoms with van der Waals surface area (Å²) in [5, 5.41) is 13.7. The molecule has 0 spiro atoms. The minimum absolute atomic E-state index is 0.00895. The SMILES string of the molecule is COc1cc(C=O)c([N+](=O)[O-])cc1OCC(=O)NCc1ccccc1. The summed E-state index contributed by atoms with van der Waals surface area (Å²) < 4.78 is 10.4. The van der Waals surface area contributed by atoms with Crippen molar-refractivity contribution in [3.63, 3.8) is 0 Å². The number of hydrogen-bond donors (Lipinski definition) is 1. The van der Waals surface area contributed by atoms with E-state index in [2.05, 4.69) is 5.32 Å². The van der Waals surface area contributed by atoms with Gasteiger partial charge in [0.25, 0.3) is 11.6 Å². The monoisotopic (exact) mass is 344 g/mol. The van der Waals surface area contributed by atoms with Crippen molar-refractivity contribution in [1.29, 1.82) is 0 Å². The molecule has 0 aliphatic rings. The van der Waals surface area contributed by atoms with Gasteiger partial charge >= 0.3 is 0 Å². The highest BCUT2D eigenvalue weighted by atomic mass is 16.6. The summed E-state index contributed by atoms with van der Waals surface area (Å²) in [7, 11) is 1.33. The van der Waals surface area contributed by atoms with Crippen LogP contribution >= 0.6 is 0 Å². The molecule has 8 nitrogen and oxygen atoms in total. The zero-order valence-electron chi connectivity index (χ0n) is 13.4. The number of methoxy groups -OCH3 is 1. The van der Waals surface area contributed by atoms with E-state index in [4.69, 9.17) is 9.47 Å². The zero-order chi connectivity index (χ0) is 18.2. The molecule has 25 heavy (non-hydrogen) atoms. The Balaban J connectivity index is 2.03. The number of amides is 1. The standard InChI is InChI=1S/C17H16N2O6/c1-24-15-7-13(10-20)14(19(22)23)8-16(15)25-11-17(21)18-9-12-5-3-2-4-6-12/h2-8,10H,9,11H2,1H3,(H,18,21). The van der Waals surface area contributed by atoms with Crippen LogP contribution in [0.15, 0.2) is 42.5 Å². The normalized spacial score (nSPS) is 9.96. The molecule has 0 aliphatic heterocycles. The molecule has 0 fully saturated rings. The van der Waals surface area contributed by atoms with Gasteiger partial charge in [-0.2, -0.15) is 0 Å². The van der Waals surface area contributed by atoms with E-state index in [-0.39, 0.29) is 23.7 Å². The lowest BCUT2D eigenvalue weighted by Gasteiger charge is -2.11. The van der Waals surface area contributed by atoms with Gasteiger partial charge in [-0.15, -0.1) is 0 Å². The molecular weight excluding hydrogens is 328 g/mol. The second-order valence-corrected chi connectivity index (χ2v) is 4.99. The van der Waals surface area contributed by atoms with Gasteiger partial charge in [0, 0.05) is 12.6 Å². The molecule has 2 rings (SSSR count). The molecule has 0 atom stereocenters. The molecule has 0 saturated carbocycles. The van der Waals surface area contributed by atoms with Crippen molar-refractivity contribution in [2.75, 3.05) is 13.7 Å². The van der Waals surface area contributed by atoms with Crippen LogP contribution in [-0.2, 0) is 11.3 Å². The molecule has 8 heteroatoms. The number of rotatable bonds is 8. The molecular formula is C17H16N2O6. The molecule has 0 radical (unpaired) electrons. The first-order chi connectivity index (χ1) is 12.0. The predicted octanol–water partition coefficient (Wildman–Crippen LogP) is 2.11. The maximum atomic E-state index is 11.9. The summed E-state index contributed by atoms with van der Waals surface area (Å²) >= 11 is 0. The van der Waals surface area contributed by atoms with Crippen LogP contribution in [0.25, 0.3) is 0 Å². The van der Waals surface area contributed by atoms with Gasteiger partial charge < -0.3 is 14.8 Å². The lowest BCUT2D eigenvalue weighted by atomic mass is 10.1. The molecule has 0 bridgehead atoms. The zero-order valence-corrected chi connectivity index (χ0v) is 13.4. The first kappa shape index (κ1) is 17.9. The summed E-state index contributed by atoms with van der Waals surface area (Å²) in [6.45, 7) is -0.00875. The fourth-order valence-electron chi connectivity index (χ4n) is 2.08. The van der Waals surface area contributed by atoms with E-state index < -0.39 is 16.5 Å². The van der Waals surface area contributed by atoms with Crippen molar-refractivity contribution >= 4 is 17.9 Å². The number of carbonyl (C=O) groups excluding carboxylic acids is 2. The number of aldehydes is 1. The molecule has 0 aromatic heterocycles. The number of hydrogen-bond acceptors (Lipinski definition) is 6. The third kappa shape index (κ3) is 4.77. The van der Waals surface area contributed by atoms with E-state index >= 15 is 0 Å². The Kier molecular flexibility index (Phi) is 6.05. The molecule has 0 heterocycles. The van der Waals surface area contributed by atoms with Crippen molar-refractivity contribution in [2.24, 2.45) is 0 Å². The number of ether oxygens (including phenoxy) is 2. The van der Waals surface area contributed by atoms with Crippen LogP contribution in [0.4, 0.5) is 5.69 Å². The molecule has 130 valence electrons. The smallest absolute Gasteiger partial charge is 0.283 e. The molecule has 0 unspecified atom stereocenters. The Morgan fingerprint density at radius 1 is 1.24 bits per heavy atom. The number of nitro benzene ring substituents is 1. The van der Waals surface area contributed by atoms with E-state index in [1.807, 2.05) is 30.3 Å². The maximum Gasteiger partial charge on any atom is 0.283 e. The summed E-state index contributed by atoms with van der Waals surface area (Å²) in [4.78, 5) is 33.1. The molecule has 2 aromatic carbocycles. The Morgan fingerprint density at radius 3 is 2.56 bits per heavy atom. The Bertz CT molecular complexity index is 776. The van der Waals surface area contributed by atoms with Gasteiger partial charge in [0.15, 0.2) is 24.4 Å². The number of benzene rings is 2. The average molecular weight is 344 g/mol. The lowest BCUT2D eigenvalue weighted by molar-refractivity contribution is -0.385. The number of nitrogens with zero attached hydrogens (tertiary/aromatic N) is 1. The lowest BCUT2D eigenvalue weighted by Crippen LogP contribution is -2.28. The maximum absolute atomic E-state index is 11.9. The first-order valence-electron chi connectivity index (χ1n) is 7.30. The van der Waals surface area contributed by atoms with Gasteiger partial charge in [0.1, 0.15) is 0 Å². The van der Waals surface area contributed by atoms with Crippen molar-refractivity contribution in [1.82, 2.24) is 5.32 Å². The minimum Gasteiger partial charge on any atom is -0.493 e. The third-order valence-corrected chi connectivity index (χ3v) is 3.33. The molecule has 1 amide bonds. The summed E-state index contributed by atoms with van der Waals surface area (Å²) in [5.74, 6) is -0.258.